The fourth-order valence-electron chi connectivity index (χ4n) is 0. The minimum absolute atomic E-state index is 0.167. The van der Waals surface area contributed by atoms with Gasteiger partial charge in [0.1, 0.15) is 8.80 Å². The van der Waals surface area contributed by atoms with Gasteiger partial charge in [-0.1, -0.05) is 13.1 Å². The minimum Gasteiger partial charge on any atom is -0.288 e. The molecule has 0 unspecified atom stereocenters. The second-order valence-corrected chi connectivity index (χ2v) is 4.39. The first-order valence-corrected chi connectivity index (χ1v) is 4.52. The smallest absolute Gasteiger partial charge is 0.193 e. The summed E-state index contributed by atoms with van der Waals surface area (Å²) in [5.41, 5.74) is 0. The molecule has 1 radical (unpaired) electrons. The molecule has 0 saturated carbocycles. The Morgan fingerprint density at radius 2 is 1.83 bits per heavy atom. The SMILES string of the molecule is C[Si](C)C(=O)Cl. The first kappa shape index (κ1) is 6.18. The molecule has 0 aliphatic heterocycles. The molecule has 0 saturated heterocycles. The van der Waals surface area contributed by atoms with Crippen LogP contribution < -0.4 is 0 Å². The summed E-state index contributed by atoms with van der Waals surface area (Å²) in [6, 6.07) is 0. The fraction of sp³-hybridized carbons (Fsp3) is 0.667. The van der Waals surface area contributed by atoms with Crippen molar-refractivity contribution >= 4 is 25.3 Å². The Labute approximate surface area is 43.9 Å². The lowest BCUT2D eigenvalue weighted by Crippen LogP contribution is -2.07. The van der Waals surface area contributed by atoms with E-state index in [0.717, 1.165) is 0 Å². The van der Waals surface area contributed by atoms with Gasteiger partial charge in [-0.15, -0.1) is 0 Å². The first-order chi connectivity index (χ1) is 2.64. The lowest BCUT2D eigenvalue weighted by atomic mass is 11.7. The standard InChI is InChI=1S/C3H6ClOSi/c1-6(2)3(4)5/h1-2H3. The summed E-state index contributed by atoms with van der Waals surface area (Å²) in [4.78, 5) is 9.79. The van der Waals surface area contributed by atoms with Crippen LogP contribution in [-0.2, 0) is 0 Å². The average molecular weight is 122 g/mol. The topological polar surface area (TPSA) is 17.1 Å². The van der Waals surface area contributed by atoms with Crippen molar-refractivity contribution in [3.8, 4) is 0 Å². The molecule has 6 heavy (non-hydrogen) atoms. The summed E-state index contributed by atoms with van der Waals surface area (Å²) in [6.07, 6.45) is 0. The second-order valence-electron chi connectivity index (χ2n) is 1.27. The van der Waals surface area contributed by atoms with Gasteiger partial charge in [0, 0.05) is 0 Å². The highest BCUT2D eigenvalue weighted by Crippen LogP contribution is 1.88. The monoisotopic (exact) mass is 121 g/mol. The molecule has 0 aliphatic carbocycles. The lowest BCUT2D eigenvalue weighted by molar-refractivity contribution is 0.274. The molecule has 0 rings (SSSR count). The van der Waals surface area contributed by atoms with E-state index in [9.17, 15) is 4.79 Å². The molecule has 0 fully saturated rings. The summed E-state index contributed by atoms with van der Waals surface area (Å²) in [7, 11) is -0.825. The van der Waals surface area contributed by atoms with Crippen LogP contribution in [-0.4, -0.2) is 13.7 Å². The van der Waals surface area contributed by atoms with Crippen LogP contribution >= 0.6 is 11.6 Å². The molecule has 0 aromatic rings. The number of rotatable bonds is 1. The normalized spacial score (nSPS) is 9.33. The average Bonchev–Trinajstić information content (AvgIpc) is 1.36. The van der Waals surface area contributed by atoms with Crippen LogP contribution in [0.1, 0.15) is 0 Å². The molecule has 0 spiro atoms. The zero-order valence-electron chi connectivity index (χ0n) is 3.79. The predicted molar refractivity (Wildman–Crippen MR) is 28.7 cm³/mol. The van der Waals surface area contributed by atoms with Gasteiger partial charge < -0.3 is 0 Å². The van der Waals surface area contributed by atoms with Crippen molar-refractivity contribution < 1.29 is 4.79 Å². The molecule has 0 amide bonds. The van der Waals surface area contributed by atoms with Crippen LogP contribution in [0.5, 0.6) is 0 Å². The Morgan fingerprint density at radius 1 is 1.67 bits per heavy atom. The van der Waals surface area contributed by atoms with E-state index >= 15 is 0 Å². The van der Waals surface area contributed by atoms with Gasteiger partial charge in [0.05, 0.1) is 0 Å². The van der Waals surface area contributed by atoms with E-state index in [1.54, 1.807) is 0 Å². The molecular weight excluding hydrogens is 116 g/mol. The molecule has 0 aromatic heterocycles. The van der Waals surface area contributed by atoms with Gasteiger partial charge in [-0.3, -0.25) is 4.79 Å². The quantitative estimate of drug-likeness (QED) is 0.381. The van der Waals surface area contributed by atoms with Crippen molar-refractivity contribution in [3.63, 3.8) is 0 Å². The summed E-state index contributed by atoms with van der Waals surface area (Å²) in [5, 5.41) is 0. The van der Waals surface area contributed by atoms with Crippen molar-refractivity contribution in [2.45, 2.75) is 13.1 Å². The molecule has 1 nitrogen and oxygen atoms in total. The zero-order valence-corrected chi connectivity index (χ0v) is 5.54. The van der Waals surface area contributed by atoms with E-state index in [1.807, 2.05) is 13.1 Å². The third kappa shape index (κ3) is 2.42. The highest BCUT2D eigenvalue weighted by atomic mass is 35.5. The Balaban J connectivity index is 3.26. The Morgan fingerprint density at radius 3 is 1.83 bits per heavy atom. The molecule has 0 aromatic carbocycles. The van der Waals surface area contributed by atoms with Crippen LogP contribution in [0.25, 0.3) is 0 Å². The number of hydrogen-bond acceptors (Lipinski definition) is 1. The number of halogens is 1. The Kier molecular flexibility index (Phi) is 2.44. The van der Waals surface area contributed by atoms with Crippen molar-refractivity contribution in [1.29, 1.82) is 0 Å². The van der Waals surface area contributed by atoms with Crippen molar-refractivity contribution in [2.75, 3.05) is 0 Å². The van der Waals surface area contributed by atoms with E-state index in [2.05, 4.69) is 0 Å². The Hall–Kier alpha value is 0.177. The van der Waals surface area contributed by atoms with E-state index in [1.165, 1.54) is 0 Å². The summed E-state index contributed by atoms with van der Waals surface area (Å²) < 4.78 is 0. The number of hydrogen-bond donors (Lipinski definition) is 0. The van der Waals surface area contributed by atoms with E-state index < -0.39 is 8.80 Å². The molecular formula is C3H6ClOSi. The Bertz CT molecular complexity index is 61.8. The van der Waals surface area contributed by atoms with Crippen LogP contribution in [0.3, 0.4) is 0 Å². The van der Waals surface area contributed by atoms with E-state index in [0.29, 0.717) is 0 Å². The molecule has 0 N–H and O–H groups in total. The fourth-order valence-corrected chi connectivity index (χ4v) is 0. The molecule has 0 aliphatic rings. The van der Waals surface area contributed by atoms with Crippen molar-refractivity contribution in [3.05, 3.63) is 0 Å². The van der Waals surface area contributed by atoms with E-state index in [-0.39, 0.29) is 4.87 Å². The van der Waals surface area contributed by atoms with Crippen LogP contribution in [0.2, 0.25) is 13.1 Å². The largest absolute Gasteiger partial charge is 0.288 e. The van der Waals surface area contributed by atoms with Crippen molar-refractivity contribution in [1.82, 2.24) is 0 Å². The van der Waals surface area contributed by atoms with Gasteiger partial charge in [-0.25, -0.2) is 0 Å². The highest BCUT2D eigenvalue weighted by Gasteiger charge is 2.01. The van der Waals surface area contributed by atoms with Gasteiger partial charge in [0.2, 0.25) is 0 Å². The van der Waals surface area contributed by atoms with Crippen LogP contribution in [0.4, 0.5) is 4.79 Å². The molecule has 0 bridgehead atoms. The predicted octanol–water partition coefficient (Wildman–Crippen LogP) is 1.68. The van der Waals surface area contributed by atoms with E-state index in [4.69, 9.17) is 11.6 Å². The number of carbonyl (C=O) groups is 1. The van der Waals surface area contributed by atoms with Gasteiger partial charge in [0.15, 0.2) is 4.87 Å². The lowest BCUT2D eigenvalue weighted by Gasteiger charge is -1.84. The van der Waals surface area contributed by atoms with Crippen LogP contribution in [0.15, 0.2) is 0 Å². The van der Waals surface area contributed by atoms with Gasteiger partial charge >= 0.3 is 0 Å². The summed E-state index contributed by atoms with van der Waals surface area (Å²) >= 11 is 5.02. The van der Waals surface area contributed by atoms with Crippen LogP contribution in [0, 0.1) is 0 Å². The molecule has 0 atom stereocenters. The summed E-state index contributed by atoms with van der Waals surface area (Å²) in [6.45, 7) is 3.72. The number of carbonyl (C=O) groups excluding carboxylic acids is 1. The maximum atomic E-state index is 9.95. The minimum atomic E-state index is -0.825. The molecule has 3 heteroatoms. The third-order valence-electron chi connectivity index (χ3n) is 0.393. The highest BCUT2D eigenvalue weighted by molar-refractivity contribution is 7.07. The second kappa shape index (κ2) is 2.37. The maximum absolute atomic E-state index is 9.95. The van der Waals surface area contributed by atoms with Gasteiger partial charge in [0.25, 0.3) is 0 Å². The molecule has 35 valence electrons. The molecule has 0 heterocycles. The summed E-state index contributed by atoms with van der Waals surface area (Å²) in [5.74, 6) is 0. The van der Waals surface area contributed by atoms with Crippen molar-refractivity contribution in [2.24, 2.45) is 0 Å². The third-order valence-corrected chi connectivity index (χ3v) is 2.31. The zero-order chi connectivity index (χ0) is 5.15. The maximum Gasteiger partial charge on any atom is 0.193 e. The van der Waals surface area contributed by atoms with Gasteiger partial charge in [-0.2, -0.15) is 0 Å². The first-order valence-electron chi connectivity index (χ1n) is 1.64. The van der Waals surface area contributed by atoms with Gasteiger partial charge in [-0.05, 0) is 11.6 Å².